The Morgan fingerprint density at radius 2 is 1.84 bits per heavy atom. The summed E-state index contributed by atoms with van der Waals surface area (Å²) in [6.45, 7) is 1.63. The monoisotopic (exact) mass is 419 g/mol. The number of methoxy groups -OCH3 is 1. The predicted molar refractivity (Wildman–Crippen MR) is 119 cm³/mol. The third kappa shape index (κ3) is 5.72. The van der Waals surface area contributed by atoms with Gasteiger partial charge in [0.25, 0.3) is 0 Å². The molecule has 0 bridgehead atoms. The maximum atomic E-state index is 12.5. The second kappa shape index (κ2) is 10.2. The normalized spacial score (nSPS) is 14.5. The molecule has 1 saturated heterocycles. The van der Waals surface area contributed by atoms with Gasteiger partial charge in [0, 0.05) is 31.5 Å². The topological polar surface area (TPSA) is 68.5 Å². The van der Waals surface area contributed by atoms with E-state index in [1.54, 1.807) is 7.11 Å². The predicted octanol–water partition coefficient (Wildman–Crippen LogP) is 4.55. The number of carbonyl (C=O) groups excluding carboxylic acids is 1. The van der Waals surface area contributed by atoms with Crippen molar-refractivity contribution in [1.29, 1.82) is 0 Å². The summed E-state index contributed by atoms with van der Waals surface area (Å²) in [5.41, 5.74) is 2.20. The van der Waals surface area contributed by atoms with E-state index in [1.165, 1.54) is 5.56 Å². The molecule has 0 radical (unpaired) electrons. The van der Waals surface area contributed by atoms with Gasteiger partial charge in [-0.3, -0.25) is 4.79 Å². The van der Waals surface area contributed by atoms with E-state index in [-0.39, 0.29) is 5.91 Å². The number of nitrogens with zero attached hydrogens (tertiary/aromatic N) is 3. The molecule has 2 heterocycles. The van der Waals surface area contributed by atoms with E-state index in [9.17, 15) is 4.79 Å². The Labute approximate surface area is 183 Å². The number of carbonyl (C=O) groups is 1. The molecule has 1 fully saturated rings. The van der Waals surface area contributed by atoms with Crippen LogP contribution in [0.4, 0.5) is 0 Å². The molecule has 1 amide bonds. The number of ether oxygens (including phenoxy) is 1. The van der Waals surface area contributed by atoms with Crippen LogP contribution in [0.5, 0.6) is 5.75 Å². The highest BCUT2D eigenvalue weighted by Crippen LogP contribution is 2.24. The molecule has 2 aromatic carbocycles. The first kappa shape index (κ1) is 21.1. The standard InChI is InChI=1S/C25H29N3O3/c1-30-22-12-10-21(11-13-22)25-26-23(31-27-25)18-20-14-16-28(17-15-20)24(29)9-5-8-19-6-3-2-4-7-19/h2-4,6-7,10-13,20H,5,8-9,14-18H2,1H3. The average Bonchev–Trinajstić information content (AvgIpc) is 3.29. The molecule has 3 aromatic rings. The van der Waals surface area contributed by atoms with Crippen molar-refractivity contribution < 1.29 is 14.1 Å². The number of hydrogen-bond acceptors (Lipinski definition) is 5. The van der Waals surface area contributed by atoms with Crippen LogP contribution < -0.4 is 4.74 Å². The van der Waals surface area contributed by atoms with Crippen molar-refractivity contribution in [1.82, 2.24) is 15.0 Å². The summed E-state index contributed by atoms with van der Waals surface area (Å²) in [7, 11) is 1.64. The molecular formula is C25H29N3O3. The van der Waals surface area contributed by atoms with Crippen molar-refractivity contribution in [3.05, 3.63) is 66.1 Å². The number of rotatable bonds is 8. The second-order valence-corrected chi connectivity index (χ2v) is 8.11. The molecule has 0 N–H and O–H groups in total. The van der Waals surface area contributed by atoms with E-state index in [0.29, 0.717) is 24.1 Å². The first-order chi connectivity index (χ1) is 15.2. The minimum absolute atomic E-state index is 0.272. The molecule has 0 unspecified atom stereocenters. The molecular weight excluding hydrogens is 390 g/mol. The third-order valence-electron chi connectivity index (χ3n) is 5.95. The van der Waals surface area contributed by atoms with E-state index in [0.717, 1.165) is 56.5 Å². The zero-order valence-electron chi connectivity index (χ0n) is 18.0. The quantitative estimate of drug-likeness (QED) is 0.536. The fourth-order valence-corrected chi connectivity index (χ4v) is 4.08. The molecule has 1 aliphatic rings. The van der Waals surface area contributed by atoms with Crippen LogP contribution in [0.15, 0.2) is 59.1 Å². The number of aryl methyl sites for hydroxylation is 1. The van der Waals surface area contributed by atoms with Gasteiger partial charge in [-0.25, -0.2) is 0 Å². The summed E-state index contributed by atoms with van der Waals surface area (Å²) in [6.07, 6.45) is 5.19. The fraction of sp³-hybridized carbons (Fsp3) is 0.400. The lowest BCUT2D eigenvalue weighted by Gasteiger charge is -2.31. The van der Waals surface area contributed by atoms with E-state index < -0.39 is 0 Å². The summed E-state index contributed by atoms with van der Waals surface area (Å²) >= 11 is 0. The minimum Gasteiger partial charge on any atom is -0.497 e. The van der Waals surface area contributed by atoms with Crippen LogP contribution in [0.3, 0.4) is 0 Å². The molecule has 0 atom stereocenters. The summed E-state index contributed by atoms with van der Waals surface area (Å²) in [5.74, 6) is 2.81. The van der Waals surface area contributed by atoms with Gasteiger partial charge in [0.05, 0.1) is 7.11 Å². The maximum absolute atomic E-state index is 12.5. The average molecular weight is 420 g/mol. The highest BCUT2D eigenvalue weighted by molar-refractivity contribution is 5.76. The Kier molecular flexibility index (Phi) is 6.97. The molecule has 1 aliphatic heterocycles. The van der Waals surface area contributed by atoms with Crippen LogP contribution in [0.25, 0.3) is 11.4 Å². The van der Waals surface area contributed by atoms with Gasteiger partial charge < -0.3 is 14.2 Å². The minimum atomic E-state index is 0.272. The van der Waals surface area contributed by atoms with E-state index in [4.69, 9.17) is 9.26 Å². The number of amides is 1. The first-order valence-corrected chi connectivity index (χ1v) is 11.0. The maximum Gasteiger partial charge on any atom is 0.227 e. The molecule has 162 valence electrons. The SMILES string of the molecule is COc1ccc(-c2noc(CC3CCN(C(=O)CCCc4ccccc4)CC3)n2)cc1. The lowest BCUT2D eigenvalue weighted by atomic mass is 9.93. The van der Waals surface area contributed by atoms with Gasteiger partial charge in [0.2, 0.25) is 17.6 Å². The molecule has 4 rings (SSSR count). The van der Waals surface area contributed by atoms with Crippen LogP contribution in [0.1, 0.15) is 37.1 Å². The largest absolute Gasteiger partial charge is 0.497 e. The first-order valence-electron chi connectivity index (χ1n) is 11.0. The summed E-state index contributed by atoms with van der Waals surface area (Å²) in [5, 5.41) is 4.12. The molecule has 6 nitrogen and oxygen atoms in total. The molecule has 0 saturated carbocycles. The number of benzene rings is 2. The van der Waals surface area contributed by atoms with Crippen molar-refractivity contribution in [2.45, 2.75) is 38.5 Å². The Hall–Kier alpha value is -3.15. The van der Waals surface area contributed by atoms with Crippen molar-refractivity contribution in [2.24, 2.45) is 5.92 Å². The van der Waals surface area contributed by atoms with Crippen LogP contribution in [0, 0.1) is 5.92 Å². The summed E-state index contributed by atoms with van der Waals surface area (Å²) in [6, 6.07) is 18.0. The van der Waals surface area contributed by atoms with Gasteiger partial charge in [0.15, 0.2) is 0 Å². The van der Waals surface area contributed by atoms with Crippen molar-refractivity contribution in [3.63, 3.8) is 0 Å². The van der Waals surface area contributed by atoms with Gasteiger partial charge >= 0.3 is 0 Å². The Bertz CT molecular complexity index is 961. The van der Waals surface area contributed by atoms with Crippen molar-refractivity contribution in [2.75, 3.05) is 20.2 Å². The molecule has 0 spiro atoms. The van der Waals surface area contributed by atoms with E-state index in [2.05, 4.69) is 22.3 Å². The molecule has 31 heavy (non-hydrogen) atoms. The van der Waals surface area contributed by atoms with Crippen LogP contribution in [-0.4, -0.2) is 41.1 Å². The van der Waals surface area contributed by atoms with Crippen LogP contribution >= 0.6 is 0 Å². The summed E-state index contributed by atoms with van der Waals surface area (Å²) in [4.78, 5) is 19.1. The van der Waals surface area contributed by atoms with Gasteiger partial charge in [-0.15, -0.1) is 0 Å². The Morgan fingerprint density at radius 1 is 1.10 bits per heavy atom. The van der Waals surface area contributed by atoms with Gasteiger partial charge in [-0.1, -0.05) is 35.5 Å². The second-order valence-electron chi connectivity index (χ2n) is 8.11. The number of hydrogen-bond donors (Lipinski definition) is 0. The Morgan fingerprint density at radius 3 is 2.55 bits per heavy atom. The zero-order chi connectivity index (χ0) is 21.5. The zero-order valence-corrected chi connectivity index (χ0v) is 18.0. The lowest BCUT2D eigenvalue weighted by Crippen LogP contribution is -2.38. The van der Waals surface area contributed by atoms with Crippen LogP contribution in [0.2, 0.25) is 0 Å². The van der Waals surface area contributed by atoms with Crippen LogP contribution in [-0.2, 0) is 17.6 Å². The molecule has 1 aromatic heterocycles. The fourth-order valence-electron chi connectivity index (χ4n) is 4.08. The lowest BCUT2D eigenvalue weighted by molar-refractivity contribution is -0.132. The highest BCUT2D eigenvalue weighted by atomic mass is 16.5. The van der Waals surface area contributed by atoms with Crippen molar-refractivity contribution >= 4 is 5.91 Å². The number of aromatic nitrogens is 2. The van der Waals surface area contributed by atoms with Gasteiger partial charge in [0.1, 0.15) is 5.75 Å². The van der Waals surface area contributed by atoms with Gasteiger partial charge in [-0.05, 0) is 61.4 Å². The molecule has 6 heteroatoms. The van der Waals surface area contributed by atoms with E-state index >= 15 is 0 Å². The smallest absolute Gasteiger partial charge is 0.227 e. The van der Waals surface area contributed by atoms with E-state index in [1.807, 2.05) is 47.4 Å². The Balaban J connectivity index is 1.21. The van der Waals surface area contributed by atoms with Crippen molar-refractivity contribution in [3.8, 4) is 17.1 Å². The summed E-state index contributed by atoms with van der Waals surface area (Å²) < 4.78 is 10.7. The number of piperidine rings is 1. The van der Waals surface area contributed by atoms with Gasteiger partial charge in [-0.2, -0.15) is 4.98 Å². The third-order valence-corrected chi connectivity index (χ3v) is 5.95. The highest BCUT2D eigenvalue weighted by Gasteiger charge is 2.24. The number of likely N-dealkylation sites (tertiary alicyclic amines) is 1. The molecule has 0 aliphatic carbocycles.